The number of halogens is 1. The van der Waals surface area contributed by atoms with Crippen LogP contribution in [0.25, 0.3) is 33.2 Å². The minimum Gasteiger partial charge on any atom is -0.508 e. The molecule has 0 radical (unpaired) electrons. The summed E-state index contributed by atoms with van der Waals surface area (Å²) in [5.74, 6) is 6.49. The molecule has 5 N–H and O–H groups in total. The standard InChI is InChI=1S/C36H33ClN8O3/c1-21(2)41-29(47)13-5-3-4-8-22-9-7-12-28-30(22)36(48)43-34(42-28)27(24-10-6-11-25(37)18-24)19-45-35-31(33(38)39-20-40-35)32(44-45)23-14-16-26(46)17-15-23/h6-7,9-12,14-18,20-21,27,46H,3,5,13,19H2,1-2H3,(H,41,47)(H2,38,39,40)(H,42,43,48). The van der Waals surface area contributed by atoms with Crippen molar-refractivity contribution in [3.05, 3.63) is 105 Å². The lowest BCUT2D eigenvalue weighted by atomic mass is 9.97. The van der Waals surface area contributed by atoms with Gasteiger partial charge in [0.1, 0.15) is 29.4 Å². The van der Waals surface area contributed by atoms with Crippen LogP contribution < -0.4 is 16.6 Å². The molecule has 3 heterocycles. The first kappa shape index (κ1) is 32.2. The third-order valence-corrected chi connectivity index (χ3v) is 8.00. The van der Waals surface area contributed by atoms with Gasteiger partial charge in [-0.2, -0.15) is 5.10 Å². The summed E-state index contributed by atoms with van der Waals surface area (Å²) in [4.78, 5) is 42.3. The van der Waals surface area contributed by atoms with E-state index in [1.165, 1.54) is 6.33 Å². The van der Waals surface area contributed by atoms with Crippen LogP contribution in [0.5, 0.6) is 5.75 Å². The van der Waals surface area contributed by atoms with E-state index in [0.29, 0.717) is 63.3 Å². The molecular formula is C36H33ClN8O3. The number of unbranched alkanes of at least 4 members (excludes halogenated alkanes) is 1. The number of carbonyl (C=O) groups excluding carboxylic acids is 1. The minimum atomic E-state index is -0.500. The topological polar surface area (TPSA) is 165 Å². The number of hydrogen-bond donors (Lipinski definition) is 4. The SMILES string of the molecule is CC(C)NC(=O)CCCC#Cc1cccc2nc(C(Cn3nc(-c4ccc(O)cc4)c4c(N)ncnc43)c3cccc(Cl)c3)[nH]c(=O)c12. The van der Waals surface area contributed by atoms with Crippen LogP contribution in [-0.4, -0.2) is 46.8 Å². The molecular weight excluding hydrogens is 628 g/mol. The number of nitrogen functional groups attached to an aromatic ring is 1. The van der Waals surface area contributed by atoms with Crippen molar-refractivity contribution in [1.82, 2.24) is 35.0 Å². The van der Waals surface area contributed by atoms with Crippen molar-refractivity contribution in [2.24, 2.45) is 0 Å². The minimum absolute atomic E-state index is 0.00463. The molecule has 242 valence electrons. The van der Waals surface area contributed by atoms with Gasteiger partial charge >= 0.3 is 0 Å². The van der Waals surface area contributed by atoms with Gasteiger partial charge in [-0.3, -0.25) is 9.59 Å². The highest BCUT2D eigenvalue weighted by Crippen LogP contribution is 2.33. The number of phenols is 1. The summed E-state index contributed by atoms with van der Waals surface area (Å²) in [7, 11) is 0. The largest absolute Gasteiger partial charge is 0.508 e. The van der Waals surface area contributed by atoms with Gasteiger partial charge in [-0.1, -0.05) is 41.6 Å². The molecule has 11 nitrogen and oxygen atoms in total. The number of nitrogens with two attached hydrogens (primary N) is 1. The number of rotatable bonds is 9. The number of phenolic OH excluding ortho intramolecular Hbond substituents is 1. The average molecular weight is 661 g/mol. The van der Waals surface area contributed by atoms with Crippen molar-refractivity contribution in [1.29, 1.82) is 0 Å². The summed E-state index contributed by atoms with van der Waals surface area (Å²) in [6.07, 6.45) is 2.90. The Morgan fingerprint density at radius 1 is 1.08 bits per heavy atom. The fourth-order valence-electron chi connectivity index (χ4n) is 5.59. The summed E-state index contributed by atoms with van der Waals surface area (Å²) in [5, 5.41) is 19.1. The van der Waals surface area contributed by atoms with Gasteiger partial charge in [0.25, 0.3) is 5.56 Å². The van der Waals surface area contributed by atoms with E-state index in [4.69, 9.17) is 27.4 Å². The molecule has 0 bridgehead atoms. The first-order chi connectivity index (χ1) is 23.2. The Morgan fingerprint density at radius 2 is 1.88 bits per heavy atom. The summed E-state index contributed by atoms with van der Waals surface area (Å²) in [6.45, 7) is 4.07. The van der Waals surface area contributed by atoms with Crippen LogP contribution in [0.3, 0.4) is 0 Å². The number of benzene rings is 3. The van der Waals surface area contributed by atoms with Gasteiger partial charge < -0.3 is 21.1 Å². The molecule has 0 aliphatic heterocycles. The van der Waals surface area contributed by atoms with Crippen LogP contribution in [0.4, 0.5) is 5.82 Å². The first-order valence-corrected chi connectivity index (χ1v) is 15.9. The van der Waals surface area contributed by atoms with Crippen molar-refractivity contribution in [2.45, 2.75) is 51.6 Å². The summed E-state index contributed by atoms with van der Waals surface area (Å²) >= 11 is 6.44. The van der Waals surface area contributed by atoms with E-state index in [2.05, 4.69) is 32.1 Å². The number of anilines is 1. The van der Waals surface area contributed by atoms with Crippen LogP contribution in [0, 0.1) is 11.8 Å². The molecule has 3 aromatic carbocycles. The number of fused-ring (bicyclic) bond motifs is 2. The van der Waals surface area contributed by atoms with Crippen LogP contribution >= 0.6 is 11.6 Å². The zero-order valence-corrected chi connectivity index (χ0v) is 27.1. The van der Waals surface area contributed by atoms with Crippen LogP contribution in [0.2, 0.25) is 5.02 Å². The molecule has 6 rings (SSSR count). The first-order valence-electron chi connectivity index (χ1n) is 15.5. The second kappa shape index (κ2) is 13.9. The van der Waals surface area contributed by atoms with Crippen LogP contribution in [-0.2, 0) is 11.3 Å². The molecule has 0 spiro atoms. The molecule has 6 aromatic rings. The fourth-order valence-corrected chi connectivity index (χ4v) is 5.79. The van der Waals surface area contributed by atoms with E-state index in [1.54, 1.807) is 47.1 Å². The number of carbonyl (C=O) groups is 1. The Labute approximate surface area is 281 Å². The van der Waals surface area contributed by atoms with Crippen molar-refractivity contribution < 1.29 is 9.90 Å². The number of nitrogens with one attached hydrogen (secondary N) is 2. The molecule has 0 aliphatic carbocycles. The van der Waals surface area contributed by atoms with Gasteiger partial charge in [-0.25, -0.2) is 19.6 Å². The maximum atomic E-state index is 13.7. The second-order valence-corrected chi connectivity index (χ2v) is 12.1. The van der Waals surface area contributed by atoms with Gasteiger partial charge in [0.2, 0.25) is 5.91 Å². The molecule has 0 aliphatic rings. The van der Waals surface area contributed by atoms with Crippen LogP contribution in [0.1, 0.15) is 56.0 Å². The second-order valence-electron chi connectivity index (χ2n) is 11.7. The summed E-state index contributed by atoms with van der Waals surface area (Å²) < 4.78 is 1.72. The Balaban J connectivity index is 1.38. The normalized spacial score (nSPS) is 11.8. The lowest BCUT2D eigenvalue weighted by molar-refractivity contribution is -0.121. The van der Waals surface area contributed by atoms with E-state index >= 15 is 0 Å². The maximum Gasteiger partial charge on any atom is 0.260 e. The van der Waals surface area contributed by atoms with Crippen molar-refractivity contribution >= 4 is 45.3 Å². The lowest BCUT2D eigenvalue weighted by Gasteiger charge is -2.18. The van der Waals surface area contributed by atoms with Crippen molar-refractivity contribution in [2.75, 3.05) is 5.73 Å². The molecule has 0 fully saturated rings. The molecule has 1 atom stereocenters. The zero-order valence-electron chi connectivity index (χ0n) is 26.4. The van der Waals surface area contributed by atoms with E-state index in [-0.39, 0.29) is 35.6 Å². The molecule has 48 heavy (non-hydrogen) atoms. The van der Waals surface area contributed by atoms with E-state index in [0.717, 1.165) is 11.1 Å². The Hall–Kier alpha value is -5.73. The highest BCUT2D eigenvalue weighted by Gasteiger charge is 2.24. The number of aromatic nitrogens is 6. The number of hydrogen-bond acceptors (Lipinski definition) is 8. The highest BCUT2D eigenvalue weighted by molar-refractivity contribution is 6.30. The number of aromatic hydroxyl groups is 1. The van der Waals surface area contributed by atoms with Gasteiger partial charge in [0, 0.05) is 35.0 Å². The molecule has 3 aromatic heterocycles. The molecule has 12 heteroatoms. The number of H-pyrrole nitrogens is 1. The maximum absolute atomic E-state index is 13.7. The lowest BCUT2D eigenvalue weighted by Crippen LogP contribution is -2.29. The molecule has 0 saturated carbocycles. The molecule has 1 unspecified atom stereocenters. The molecule has 1 amide bonds. The smallest absolute Gasteiger partial charge is 0.260 e. The van der Waals surface area contributed by atoms with Gasteiger partial charge in [-0.15, -0.1) is 0 Å². The van der Waals surface area contributed by atoms with Gasteiger partial charge in [-0.05, 0) is 74.4 Å². The highest BCUT2D eigenvalue weighted by atomic mass is 35.5. The van der Waals surface area contributed by atoms with Crippen molar-refractivity contribution in [3.63, 3.8) is 0 Å². The number of aromatic amines is 1. The summed E-state index contributed by atoms with van der Waals surface area (Å²) in [6, 6.07) is 19.5. The molecule has 0 saturated heterocycles. The number of nitrogens with zero attached hydrogens (tertiary/aromatic N) is 5. The number of amides is 1. The monoisotopic (exact) mass is 660 g/mol. The Kier molecular flexibility index (Phi) is 9.36. The average Bonchev–Trinajstić information content (AvgIpc) is 3.42. The van der Waals surface area contributed by atoms with Crippen LogP contribution in [0.15, 0.2) is 77.9 Å². The fraction of sp³-hybridized carbons (Fsp3) is 0.222. The third kappa shape index (κ3) is 6.99. The summed E-state index contributed by atoms with van der Waals surface area (Å²) in [5.41, 5.74) is 9.63. The predicted octanol–water partition coefficient (Wildman–Crippen LogP) is 5.55. The zero-order chi connectivity index (χ0) is 33.8. The van der Waals surface area contributed by atoms with Gasteiger partial charge in [0.05, 0.1) is 28.8 Å². The quantitative estimate of drug-likeness (QED) is 0.116. The van der Waals surface area contributed by atoms with E-state index < -0.39 is 5.92 Å². The Morgan fingerprint density at radius 3 is 2.65 bits per heavy atom. The van der Waals surface area contributed by atoms with E-state index in [9.17, 15) is 14.7 Å². The third-order valence-electron chi connectivity index (χ3n) is 7.77. The Bertz CT molecular complexity index is 2250. The van der Waals surface area contributed by atoms with Crippen molar-refractivity contribution in [3.8, 4) is 28.8 Å². The predicted molar refractivity (Wildman–Crippen MR) is 187 cm³/mol. The van der Waals surface area contributed by atoms with Gasteiger partial charge in [0.15, 0.2) is 5.65 Å². The van der Waals surface area contributed by atoms with E-state index in [1.807, 2.05) is 38.1 Å².